The van der Waals surface area contributed by atoms with Crippen LogP contribution < -0.4 is 10.6 Å². The average molecular weight is 300 g/mol. The first kappa shape index (κ1) is 15.7. The molecular formula is C20H32N2. The Labute approximate surface area is 136 Å². The largest absolute Gasteiger partial charge is 0.399 e. The predicted molar refractivity (Wildman–Crippen MR) is 96.2 cm³/mol. The molecule has 4 atom stereocenters. The predicted octanol–water partition coefficient (Wildman–Crippen LogP) is 4.87. The number of benzene rings is 1. The molecule has 1 saturated carbocycles. The van der Waals surface area contributed by atoms with E-state index < -0.39 is 0 Å². The lowest BCUT2D eigenvalue weighted by atomic mass is 9.69. The van der Waals surface area contributed by atoms with Gasteiger partial charge < -0.3 is 10.6 Å². The summed E-state index contributed by atoms with van der Waals surface area (Å²) >= 11 is 0. The molecule has 122 valence electrons. The fourth-order valence-electron chi connectivity index (χ4n) is 4.78. The van der Waals surface area contributed by atoms with Crippen LogP contribution in [0.3, 0.4) is 0 Å². The molecule has 0 amide bonds. The molecule has 0 bridgehead atoms. The molecule has 1 aliphatic heterocycles. The van der Waals surface area contributed by atoms with E-state index in [1.165, 1.54) is 56.4 Å². The zero-order valence-electron chi connectivity index (χ0n) is 14.5. The summed E-state index contributed by atoms with van der Waals surface area (Å²) in [5, 5.41) is 0. The number of aryl methyl sites for hydroxylation is 1. The van der Waals surface area contributed by atoms with Crippen molar-refractivity contribution in [1.82, 2.24) is 0 Å². The molecule has 2 aliphatic rings. The molecule has 1 heterocycles. The molecule has 2 N–H and O–H groups in total. The summed E-state index contributed by atoms with van der Waals surface area (Å²) in [6.45, 7) is 9.55. The molecule has 0 radical (unpaired) electrons. The summed E-state index contributed by atoms with van der Waals surface area (Å²) in [6, 6.07) is 6.51. The van der Waals surface area contributed by atoms with Crippen molar-refractivity contribution in [3.8, 4) is 0 Å². The van der Waals surface area contributed by atoms with E-state index in [9.17, 15) is 0 Å². The molecule has 2 heteroatoms. The highest BCUT2D eigenvalue weighted by Gasteiger charge is 2.34. The maximum Gasteiger partial charge on any atom is 0.0370 e. The highest BCUT2D eigenvalue weighted by atomic mass is 15.2. The van der Waals surface area contributed by atoms with Gasteiger partial charge in [0.25, 0.3) is 0 Å². The van der Waals surface area contributed by atoms with Crippen LogP contribution in [-0.4, -0.2) is 13.1 Å². The van der Waals surface area contributed by atoms with E-state index in [0.717, 1.165) is 29.4 Å². The molecular weight excluding hydrogens is 268 g/mol. The maximum absolute atomic E-state index is 5.96. The van der Waals surface area contributed by atoms with Crippen LogP contribution in [0.1, 0.15) is 51.5 Å². The minimum Gasteiger partial charge on any atom is -0.399 e. The molecule has 1 aromatic carbocycles. The van der Waals surface area contributed by atoms with Crippen LogP contribution in [0, 0.1) is 30.6 Å². The summed E-state index contributed by atoms with van der Waals surface area (Å²) in [6.07, 6.45) is 7.16. The smallest absolute Gasteiger partial charge is 0.0370 e. The van der Waals surface area contributed by atoms with E-state index in [1.54, 1.807) is 0 Å². The number of hydrogen-bond donors (Lipinski definition) is 1. The minimum atomic E-state index is 0.864. The van der Waals surface area contributed by atoms with E-state index >= 15 is 0 Å². The van der Waals surface area contributed by atoms with E-state index in [4.69, 9.17) is 5.73 Å². The topological polar surface area (TPSA) is 29.3 Å². The zero-order chi connectivity index (χ0) is 15.7. The van der Waals surface area contributed by atoms with Crippen molar-refractivity contribution in [3.05, 3.63) is 23.8 Å². The van der Waals surface area contributed by atoms with E-state index in [2.05, 4.69) is 43.9 Å². The summed E-state index contributed by atoms with van der Waals surface area (Å²) < 4.78 is 0. The van der Waals surface area contributed by atoms with Crippen molar-refractivity contribution in [2.24, 2.45) is 23.7 Å². The van der Waals surface area contributed by atoms with Gasteiger partial charge in [-0.1, -0.05) is 33.1 Å². The first-order valence-corrected chi connectivity index (χ1v) is 9.17. The van der Waals surface area contributed by atoms with Gasteiger partial charge in [-0.2, -0.15) is 0 Å². The van der Waals surface area contributed by atoms with Crippen molar-refractivity contribution < 1.29 is 0 Å². The van der Waals surface area contributed by atoms with Crippen LogP contribution in [0.15, 0.2) is 18.2 Å². The van der Waals surface area contributed by atoms with E-state index in [1.807, 2.05) is 0 Å². The second-order valence-corrected chi connectivity index (χ2v) is 7.82. The molecule has 0 aromatic heterocycles. The zero-order valence-corrected chi connectivity index (χ0v) is 14.5. The van der Waals surface area contributed by atoms with Gasteiger partial charge in [0.2, 0.25) is 0 Å². The molecule has 1 aromatic rings. The first-order valence-electron chi connectivity index (χ1n) is 9.17. The second-order valence-electron chi connectivity index (χ2n) is 7.82. The van der Waals surface area contributed by atoms with Crippen LogP contribution >= 0.6 is 0 Å². The SMILES string of the molecule is Cc1cc(N2CCC(C(C)C3CCCCC3C)C2)ccc1N. The number of nitrogens with two attached hydrogens (primary N) is 1. The van der Waals surface area contributed by atoms with Crippen LogP contribution in [0.2, 0.25) is 0 Å². The summed E-state index contributed by atoms with van der Waals surface area (Å²) in [5.41, 5.74) is 9.43. The molecule has 2 nitrogen and oxygen atoms in total. The van der Waals surface area contributed by atoms with Gasteiger partial charge in [0.1, 0.15) is 0 Å². The Morgan fingerprint density at radius 3 is 2.68 bits per heavy atom. The normalized spacial score (nSPS) is 30.5. The number of anilines is 2. The summed E-state index contributed by atoms with van der Waals surface area (Å²) in [7, 11) is 0. The molecule has 2 fully saturated rings. The quantitative estimate of drug-likeness (QED) is 0.807. The van der Waals surface area contributed by atoms with Crippen molar-refractivity contribution >= 4 is 11.4 Å². The lowest BCUT2D eigenvalue weighted by Crippen LogP contribution is -2.30. The van der Waals surface area contributed by atoms with Crippen LogP contribution in [0.4, 0.5) is 11.4 Å². The van der Waals surface area contributed by atoms with Crippen molar-refractivity contribution in [2.45, 2.75) is 52.9 Å². The van der Waals surface area contributed by atoms with Gasteiger partial charge in [0, 0.05) is 24.5 Å². The summed E-state index contributed by atoms with van der Waals surface area (Å²) in [5.74, 6) is 3.61. The second kappa shape index (κ2) is 6.52. The molecule has 1 saturated heterocycles. The first-order chi connectivity index (χ1) is 10.6. The number of nitrogens with zero attached hydrogens (tertiary/aromatic N) is 1. The van der Waals surface area contributed by atoms with Crippen molar-refractivity contribution in [1.29, 1.82) is 0 Å². The third-order valence-corrected chi connectivity index (χ3v) is 6.44. The van der Waals surface area contributed by atoms with Gasteiger partial charge >= 0.3 is 0 Å². The Morgan fingerprint density at radius 1 is 1.18 bits per heavy atom. The molecule has 3 rings (SSSR count). The van der Waals surface area contributed by atoms with Gasteiger partial charge in [0.05, 0.1) is 0 Å². The Kier molecular flexibility index (Phi) is 4.65. The van der Waals surface area contributed by atoms with Gasteiger partial charge in [0.15, 0.2) is 0 Å². The average Bonchev–Trinajstić information content (AvgIpc) is 3.00. The fraction of sp³-hybridized carbons (Fsp3) is 0.700. The maximum atomic E-state index is 5.96. The van der Waals surface area contributed by atoms with E-state index in [-0.39, 0.29) is 0 Å². The summed E-state index contributed by atoms with van der Waals surface area (Å²) in [4.78, 5) is 2.57. The minimum absolute atomic E-state index is 0.864. The van der Waals surface area contributed by atoms with Crippen molar-refractivity contribution in [3.63, 3.8) is 0 Å². The highest BCUT2D eigenvalue weighted by molar-refractivity contribution is 5.58. The number of hydrogen-bond acceptors (Lipinski definition) is 2. The van der Waals surface area contributed by atoms with Gasteiger partial charge in [-0.25, -0.2) is 0 Å². The van der Waals surface area contributed by atoms with E-state index in [0.29, 0.717) is 0 Å². The van der Waals surface area contributed by atoms with Crippen LogP contribution in [-0.2, 0) is 0 Å². The fourth-order valence-corrected chi connectivity index (χ4v) is 4.78. The monoisotopic (exact) mass is 300 g/mol. The van der Waals surface area contributed by atoms with Gasteiger partial charge in [-0.15, -0.1) is 0 Å². The molecule has 22 heavy (non-hydrogen) atoms. The number of rotatable bonds is 3. The van der Waals surface area contributed by atoms with Crippen molar-refractivity contribution in [2.75, 3.05) is 23.7 Å². The van der Waals surface area contributed by atoms with Gasteiger partial charge in [-0.05, 0) is 67.2 Å². The Hall–Kier alpha value is -1.18. The number of nitrogen functional groups attached to an aromatic ring is 1. The third kappa shape index (κ3) is 3.11. The Bertz CT molecular complexity index is 510. The van der Waals surface area contributed by atoms with Crippen LogP contribution in [0.25, 0.3) is 0 Å². The Morgan fingerprint density at radius 2 is 1.95 bits per heavy atom. The highest BCUT2D eigenvalue weighted by Crippen LogP contribution is 2.41. The third-order valence-electron chi connectivity index (χ3n) is 6.44. The molecule has 0 spiro atoms. The Balaban J connectivity index is 1.65. The van der Waals surface area contributed by atoms with Crippen LogP contribution in [0.5, 0.6) is 0 Å². The standard InChI is InChI=1S/C20H32N2/c1-14-6-4-5-7-19(14)16(3)17-10-11-22(13-17)18-8-9-20(21)15(2)12-18/h8-9,12,14,16-17,19H,4-7,10-11,13,21H2,1-3H3. The molecule has 4 unspecified atom stereocenters. The van der Waals surface area contributed by atoms with Gasteiger partial charge in [-0.3, -0.25) is 0 Å². The molecule has 1 aliphatic carbocycles. The lowest BCUT2D eigenvalue weighted by Gasteiger charge is -2.36. The lowest BCUT2D eigenvalue weighted by molar-refractivity contribution is 0.144.